The number of fused-ring (bicyclic) bond motifs is 1. The van der Waals surface area contributed by atoms with Crippen molar-refractivity contribution in [3.8, 4) is 6.07 Å². The van der Waals surface area contributed by atoms with Gasteiger partial charge in [-0.05, 0) is 5.56 Å². The van der Waals surface area contributed by atoms with E-state index in [1.807, 2.05) is 91.0 Å². The number of nitrogens with zero attached hydrogens (tertiary/aromatic N) is 1. The summed E-state index contributed by atoms with van der Waals surface area (Å²) in [5, 5.41) is 10.2. The molecule has 0 amide bonds. The number of nitriles is 1. The first-order valence-electron chi connectivity index (χ1n) is 9.94. The zero-order valence-corrected chi connectivity index (χ0v) is 16.2. The average molecular weight is 393 g/mol. The van der Waals surface area contributed by atoms with Gasteiger partial charge in [-0.3, -0.25) is 4.79 Å². The molecule has 0 N–H and O–H groups in total. The van der Waals surface area contributed by atoms with Gasteiger partial charge in [-0.2, -0.15) is 5.26 Å². The summed E-state index contributed by atoms with van der Waals surface area (Å²) in [4.78, 5) is 12.8. The van der Waals surface area contributed by atoms with E-state index >= 15 is 0 Å². The van der Waals surface area contributed by atoms with Crippen LogP contribution in [0.4, 0.5) is 0 Å². The van der Waals surface area contributed by atoms with Crippen LogP contribution in [0.5, 0.6) is 0 Å². The molecule has 0 bridgehead atoms. The molecule has 0 spiro atoms. The van der Waals surface area contributed by atoms with Crippen LogP contribution in [0.1, 0.15) is 29.0 Å². The monoisotopic (exact) mass is 393 g/mol. The van der Waals surface area contributed by atoms with Crippen molar-refractivity contribution >= 4 is 11.7 Å². The van der Waals surface area contributed by atoms with Gasteiger partial charge in [0.05, 0.1) is 24.0 Å². The second-order valence-corrected chi connectivity index (χ2v) is 7.53. The molecule has 30 heavy (non-hydrogen) atoms. The molecule has 5 rings (SSSR count). The van der Waals surface area contributed by atoms with Crippen molar-refractivity contribution in [1.82, 2.24) is 0 Å². The minimum atomic E-state index is -1.37. The van der Waals surface area contributed by atoms with Crippen LogP contribution in [0.2, 0.25) is 0 Å². The fraction of sp³-hybridized carbons (Fsp3) is 0.154. The summed E-state index contributed by atoms with van der Waals surface area (Å²) in [6.45, 7) is 0. The molecular formula is C26H19NO3. The molecule has 1 saturated heterocycles. The standard InChI is InChI=1S/C26H19NO3/c27-17-22-24-21(18-10-4-1-5-11-18)16-23(28)29-26(24,20-14-8-3-9-15-20)30-25(22)19-12-6-2-7-13-19/h1-15,21,24H,16H2/t21-,24+,26-/m1/s1. The molecule has 0 radical (unpaired) electrons. The zero-order valence-electron chi connectivity index (χ0n) is 16.2. The van der Waals surface area contributed by atoms with Crippen LogP contribution in [0.3, 0.4) is 0 Å². The second-order valence-electron chi connectivity index (χ2n) is 7.53. The van der Waals surface area contributed by atoms with Crippen molar-refractivity contribution < 1.29 is 14.3 Å². The van der Waals surface area contributed by atoms with Gasteiger partial charge in [0, 0.05) is 17.0 Å². The van der Waals surface area contributed by atoms with Gasteiger partial charge in [0.25, 0.3) is 5.79 Å². The fourth-order valence-corrected chi connectivity index (χ4v) is 4.56. The van der Waals surface area contributed by atoms with E-state index in [0.717, 1.165) is 16.7 Å². The maximum absolute atomic E-state index is 12.8. The Bertz CT molecular complexity index is 1150. The number of carbonyl (C=O) groups excluding carboxylic acids is 1. The van der Waals surface area contributed by atoms with Crippen molar-refractivity contribution in [3.63, 3.8) is 0 Å². The zero-order chi connectivity index (χ0) is 20.6. The second kappa shape index (κ2) is 7.20. The van der Waals surface area contributed by atoms with Crippen LogP contribution in [-0.4, -0.2) is 5.97 Å². The predicted molar refractivity (Wildman–Crippen MR) is 112 cm³/mol. The number of esters is 1. The Kier molecular flexibility index (Phi) is 4.37. The van der Waals surface area contributed by atoms with Crippen LogP contribution in [-0.2, 0) is 20.1 Å². The Labute approximate surface area is 175 Å². The van der Waals surface area contributed by atoms with Gasteiger partial charge in [-0.15, -0.1) is 0 Å². The van der Waals surface area contributed by atoms with E-state index in [1.165, 1.54) is 0 Å². The molecule has 2 aliphatic heterocycles. The van der Waals surface area contributed by atoms with Crippen LogP contribution in [0.15, 0.2) is 96.6 Å². The van der Waals surface area contributed by atoms with E-state index in [-0.39, 0.29) is 18.3 Å². The third-order valence-electron chi connectivity index (χ3n) is 5.83. The highest BCUT2D eigenvalue weighted by Gasteiger charge is 2.61. The van der Waals surface area contributed by atoms with Crippen LogP contribution < -0.4 is 0 Å². The molecule has 146 valence electrons. The summed E-state index contributed by atoms with van der Waals surface area (Å²) in [6, 6.07) is 31.2. The van der Waals surface area contributed by atoms with Crippen molar-refractivity contribution in [1.29, 1.82) is 5.26 Å². The molecule has 0 aromatic heterocycles. The minimum Gasteiger partial charge on any atom is -0.446 e. The molecule has 4 heteroatoms. The summed E-state index contributed by atoms with van der Waals surface area (Å²) >= 11 is 0. The minimum absolute atomic E-state index is 0.194. The SMILES string of the molecule is N#CC1=C(c2ccccc2)O[C@@]2(c3ccccc3)OC(=O)C[C@H](c3ccccc3)[C@@H]12. The van der Waals surface area contributed by atoms with Crippen molar-refractivity contribution in [2.24, 2.45) is 5.92 Å². The lowest BCUT2D eigenvalue weighted by Crippen LogP contribution is -2.46. The summed E-state index contributed by atoms with van der Waals surface area (Å²) in [7, 11) is 0. The summed E-state index contributed by atoms with van der Waals surface area (Å²) in [6.07, 6.45) is 0.194. The van der Waals surface area contributed by atoms with Crippen LogP contribution in [0.25, 0.3) is 5.76 Å². The van der Waals surface area contributed by atoms with E-state index < -0.39 is 11.7 Å². The highest BCUT2D eigenvalue weighted by Crippen LogP contribution is 2.58. The van der Waals surface area contributed by atoms with Gasteiger partial charge < -0.3 is 9.47 Å². The van der Waals surface area contributed by atoms with E-state index in [9.17, 15) is 10.1 Å². The largest absolute Gasteiger partial charge is 0.446 e. The Hall–Kier alpha value is -3.84. The normalized spacial score (nSPS) is 25.1. The summed E-state index contributed by atoms with van der Waals surface area (Å²) in [5.41, 5.74) is 3.01. The molecule has 3 aromatic rings. The number of hydrogen-bond donors (Lipinski definition) is 0. The Morgan fingerprint density at radius 1 is 0.833 bits per heavy atom. The topological polar surface area (TPSA) is 59.3 Å². The van der Waals surface area contributed by atoms with Crippen LogP contribution in [0, 0.1) is 17.2 Å². The quantitative estimate of drug-likeness (QED) is 0.577. The molecular weight excluding hydrogens is 374 g/mol. The van der Waals surface area contributed by atoms with E-state index in [1.54, 1.807) is 0 Å². The highest BCUT2D eigenvalue weighted by atomic mass is 16.7. The smallest absolute Gasteiger partial charge is 0.310 e. The maximum atomic E-state index is 12.8. The third-order valence-corrected chi connectivity index (χ3v) is 5.83. The lowest BCUT2D eigenvalue weighted by molar-refractivity contribution is -0.238. The molecule has 0 unspecified atom stereocenters. The molecule has 1 fully saturated rings. The first kappa shape index (κ1) is 18.2. The Morgan fingerprint density at radius 3 is 2.07 bits per heavy atom. The lowest BCUT2D eigenvalue weighted by Gasteiger charge is -2.42. The van der Waals surface area contributed by atoms with Crippen molar-refractivity contribution in [3.05, 3.63) is 113 Å². The Balaban J connectivity index is 1.75. The van der Waals surface area contributed by atoms with Gasteiger partial charge >= 0.3 is 5.97 Å². The molecule has 4 nitrogen and oxygen atoms in total. The first-order chi connectivity index (χ1) is 14.7. The molecule has 2 heterocycles. The molecule has 0 saturated carbocycles. The highest BCUT2D eigenvalue weighted by molar-refractivity contribution is 5.77. The maximum Gasteiger partial charge on any atom is 0.310 e. The number of benzene rings is 3. The summed E-state index contributed by atoms with van der Waals surface area (Å²) in [5.74, 6) is -1.91. The van der Waals surface area contributed by atoms with Gasteiger partial charge in [0.15, 0.2) is 0 Å². The van der Waals surface area contributed by atoms with E-state index in [0.29, 0.717) is 11.3 Å². The molecule has 3 aromatic carbocycles. The van der Waals surface area contributed by atoms with E-state index in [2.05, 4.69) is 6.07 Å². The number of ether oxygens (including phenoxy) is 2. The number of rotatable bonds is 3. The Morgan fingerprint density at radius 2 is 1.43 bits per heavy atom. The van der Waals surface area contributed by atoms with Gasteiger partial charge in [0.1, 0.15) is 5.76 Å². The molecule has 2 aliphatic rings. The number of carbonyl (C=O) groups is 1. The third kappa shape index (κ3) is 2.79. The first-order valence-corrected chi connectivity index (χ1v) is 9.94. The van der Waals surface area contributed by atoms with E-state index in [4.69, 9.17) is 9.47 Å². The lowest BCUT2D eigenvalue weighted by atomic mass is 9.72. The van der Waals surface area contributed by atoms with Gasteiger partial charge in [0.2, 0.25) is 0 Å². The van der Waals surface area contributed by atoms with Crippen molar-refractivity contribution in [2.75, 3.05) is 0 Å². The van der Waals surface area contributed by atoms with Gasteiger partial charge in [-0.25, -0.2) is 0 Å². The average Bonchev–Trinajstić information content (AvgIpc) is 3.15. The predicted octanol–water partition coefficient (Wildman–Crippen LogP) is 5.15. The van der Waals surface area contributed by atoms with Crippen molar-refractivity contribution in [2.45, 2.75) is 18.1 Å². The molecule has 3 atom stereocenters. The fourth-order valence-electron chi connectivity index (χ4n) is 4.56. The molecule has 0 aliphatic carbocycles. The van der Waals surface area contributed by atoms with Gasteiger partial charge in [-0.1, -0.05) is 91.0 Å². The van der Waals surface area contributed by atoms with Crippen LogP contribution >= 0.6 is 0 Å². The summed E-state index contributed by atoms with van der Waals surface area (Å²) < 4.78 is 12.4. The number of hydrogen-bond acceptors (Lipinski definition) is 4.